The predicted octanol–water partition coefficient (Wildman–Crippen LogP) is 2.32. The molecule has 0 aliphatic rings. The van der Waals surface area contributed by atoms with Crippen molar-refractivity contribution in [3.63, 3.8) is 0 Å². The van der Waals surface area contributed by atoms with Crippen LogP contribution in [0, 0.1) is 12.7 Å². The summed E-state index contributed by atoms with van der Waals surface area (Å²) in [6.07, 6.45) is 0. The highest BCUT2D eigenvalue weighted by Crippen LogP contribution is 2.15. The van der Waals surface area contributed by atoms with E-state index < -0.39 is 0 Å². The Morgan fingerprint density at radius 3 is 2.84 bits per heavy atom. The molecule has 0 aromatic heterocycles. The molecule has 19 heavy (non-hydrogen) atoms. The summed E-state index contributed by atoms with van der Waals surface area (Å²) in [5, 5.41) is 3.30. The molecule has 1 rings (SSSR count). The molecule has 1 aromatic carbocycles. The molecule has 0 heterocycles. The van der Waals surface area contributed by atoms with Gasteiger partial charge in [-0.1, -0.05) is 24.3 Å². The number of aryl methyl sites for hydroxylation is 1. The van der Waals surface area contributed by atoms with Crippen molar-refractivity contribution in [2.24, 2.45) is 5.73 Å². The molecule has 1 unspecified atom stereocenters. The third-order valence-corrected chi connectivity index (χ3v) is 2.81. The summed E-state index contributed by atoms with van der Waals surface area (Å²) in [5.74, 6) is -0.190. The van der Waals surface area contributed by atoms with Crippen LogP contribution in [-0.4, -0.2) is 26.3 Å². The van der Waals surface area contributed by atoms with Crippen LogP contribution in [0.5, 0.6) is 0 Å². The lowest BCUT2D eigenvalue weighted by molar-refractivity contribution is 0.155. The van der Waals surface area contributed by atoms with Gasteiger partial charge in [-0.15, -0.1) is 0 Å². The van der Waals surface area contributed by atoms with Crippen molar-refractivity contribution in [2.75, 3.05) is 26.3 Å². The molecule has 0 saturated carbocycles. The van der Waals surface area contributed by atoms with Gasteiger partial charge in [-0.3, -0.25) is 0 Å². The number of rotatable bonds is 8. The summed E-state index contributed by atoms with van der Waals surface area (Å²) in [4.78, 5) is 0. The molecule has 4 heteroatoms. The maximum absolute atomic E-state index is 13.2. The van der Waals surface area contributed by atoms with Crippen LogP contribution in [0.15, 0.2) is 30.4 Å². The van der Waals surface area contributed by atoms with E-state index in [1.807, 2.05) is 13.0 Å². The molecule has 0 amide bonds. The van der Waals surface area contributed by atoms with E-state index in [9.17, 15) is 4.39 Å². The highest BCUT2D eigenvalue weighted by molar-refractivity contribution is 5.26. The second kappa shape index (κ2) is 8.04. The molecule has 0 saturated heterocycles. The summed E-state index contributed by atoms with van der Waals surface area (Å²) < 4.78 is 18.6. The second-order valence-corrected chi connectivity index (χ2v) is 4.76. The fourth-order valence-electron chi connectivity index (χ4n) is 1.77. The number of nitrogens with two attached hydrogens (primary N) is 1. The summed E-state index contributed by atoms with van der Waals surface area (Å²) in [6.45, 7) is 9.79. The van der Waals surface area contributed by atoms with Gasteiger partial charge in [0, 0.05) is 19.1 Å². The summed E-state index contributed by atoms with van der Waals surface area (Å²) >= 11 is 0. The molecule has 0 spiro atoms. The number of halogens is 1. The Balaban J connectivity index is 2.44. The van der Waals surface area contributed by atoms with Crippen molar-refractivity contribution in [3.05, 3.63) is 47.3 Å². The average Bonchev–Trinajstić information content (AvgIpc) is 2.37. The first kappa shape index (κ1) is 15.8. The van der Waals surface area contributed by atoms with Crippen LogP contribution in [0.3, 0.4) is 0 Å². The Bertz CT molecular complexity index is 421. The highest BCUT2D eigenvalue weighted by Gasteiger charge is 2.10. The van der Waals surface area contributed by atoms with E-state index in [-0.39, 0.29) is 11.9 Å². The van der Waals surface area contributed by atoms with Gasteiger partial charge in [-0.05, 0) is 31.0 Å². The van der Waals surface area contributed by atoms with Gasteiger partial charge in [-0.2, -0.15) is 0 Å². The molecular weight excluding hydrogens is 243 g/mol. The maximum Gasteiger partial charge on any atom is 0.126 e. The van der Waals surface area contributed by atoms with Crippen LogP contribution in [-0.2, 0) is 4.74 Å². The molecule has 1 atom stereocenters. The Hall–Kier alpha value is -1.23. The van der Waals surface area contributed by atoms with E-state index in [4.69, 9.17) is 10.5 Å². The van der Waals surface area contributed by atoms with Crippen LogP contribution in [0.25, 0.3) is 0 Å². The quantitative estimate of drug-likeness (QED) is 0.561. The van der Waals surface area contributed by atoms with Crippen LogP contribution in [0.2, 0.25) is 0 Å². The number of hydrogen-bond donors (Lipinski definition) is 2. The van der Waals surface area contributed by atoms with Gasteiger partial charge >= 0.3 is 0 Å². The summed E-state index contributed by atoms with van der Waals surface area (Å²) in [7, 11) is 0. The van der Waals surface area contributed by atoms with Gasteiger partial charge in [-0.25, -0.2) is 4.39 Å². The van der Waals surface area contributed by atoms with E-state index in [1.54, 1.807) is 13.0 Å². The van der Waals surface area contributed by atoms with Crippen molar-refractivity contribution >= 4 is 0 Å². The number of hydrogen-bond acceptors (Lipinski definition) is 3. The van der Waals surface area contributed by atoms with Crippen LogP contribution in [0.4, 0.5) is 4.39 Å². The number of nitrogens with one attached hydrogen (secondary N) is 1. The van der Waals surface area contributed by atoms with Crippen molar-refractivity contribution in [2.45, 2.75) is 19.9 Å². The topological polar surface area (TPSA) is 47.3 Å². The first-order chi connectivity index (χ1) is 9.04. The highest BCUT2D eigenvalue weighted by atomic mass is 19.1. The zero-order valence-corrected chi connectivity index (χ0v) is 11.7. The first-order valence-corrected chi connectivity index (χ1v) is 6.46. The van der Waals surface area contributed by atoms with Crippen LogP contribution in [0.1, 0.15) is 24.1 Å². The molecule has 0 aliphatic carbocycles. The fourth-order valence-corrected chi connectivity index (χ4v) is 1.77. The van der Waals surface area contributed by atoms with Crippen molar-refractivity contribution in [1.82, 2.24) is 5.32 Å². The molecular formula is C15H23FN2O. The van der Waals surface area contributed by atoms with Gasteiger partial charge in [0.2, 0.25) is 0 Å². The van der Waals surface area contributed by atoms with E-state index in [0.717, 1.165) is 11.1 Å². The maximum atomic E-state index is 13.2. The monoisotopic (exact) mass is 266 g/mol. The third-order valence-electron chi connectivity index (χ3n) is 2.81. The van der Waals surface area contributed by atoms with Gasteiger partial charge in [0.1, 0.15) is 5.82 Å². The zero-order chi connectivity index (χ0) is 14.3. The van der Waals surface area contributed by atoms with E-state index >= 15 is 0 Å². The van der Waals surface area contributed by atoms with E-state index in [2.05, 4.69) is 11.9 Å². The fraction of sp³-hybridized carbons (Fsp3) is 0.467. The molecule has 3 nitrogen and oxygen atoms in total. The normalized spacial score (nSPS) is 12.4. The Kier molecular flexibility index (Phi) is 6.70. The molecule has 3 N–H and O–H groups in total. The molecule has 106 valence electrons. The third kappa shape index (κ3) is 5.51. The molecule has 0 aliphatic heterocycles. The van der Waals surface area contributed by atoms with E-state index in [1.165, 1.54) is 6.07 Å². The minimum absolute atomic E-state index is 0.0210. The lowest BCUT2D eigenvalue weighted by atomic mass is 10.0. The lowest BCUT2D eigenvalue weighted by Crippen LogP contribution is -2.31. The minimum Gasteiger partial charge on any atom is -0.376 e. The van der Waals surface area contributed by atoms with Gasteiger partial charge in [0.05, 0.1) is 13.2 Å². The standard InChI is InChI=1S/C15H23FN2O/c1-11(2)10-19-7-6-18-15(9-17)13-4-5-14(16)12(3)8-13/h4-5,8,15,18H,1,6-7,9-10,17H2,2-3H3. The lowest BCUT2D eigenvalue weighted by Gasteiger charge is -2.18. The van der Waals surface area contributed by atoms with Crippen LogP contribution >= 0.6 is 0 Å². The molecule has 1 aromatic rings. The number of ether oxygens (including phenoxy) is 1. The van der Waals surface area contributed by atoms with Crippen molar-refractivity contribution < 1.29 is 9.13 Å². The molecule has 0 fully saturated rings. The number of benzene rings is 1. The molecule has 0 bridgehead atoms. The summed E-state index contributed by atoms with van der Waals surface area (Å²) in [5.41, 5.74) is 8.39. The van der Waals surface area contributed by atoms with Crippen LogP contribution < -0.4 is 11.1 Å². The van der Waals surface area contributed by atoms with Gasteiger partial charge in [0.15, 0.2) is 0 Å². The molecule has 0 radical (unpaired) electrons. The smallest absolute Gasteiger partial charge is 0.126 e. The van der Waals surface area contributed by atoms with E-state index in [0.29, 0.717) is 31.9 Å². The Labute approximate surface area is 114 Å². The van der Waals surface area contributed by atoms with Gasteiger partial charge < -0.3 is 15.8 Å². The van der Waals surface area contributed by atoms with Crippen molar-refractivity contribution in [1.29, 1.82) is 0 Å². The SMILES string of the molecule is C=C(C)COCCNC(CN)c1ccc(F)c(C)c1. The summed E-state index contributed by atoms with van der Waals surface area (Å²) in [6, 6.07) is 5.09. The first-order valence-electron chi connectivity index (χ1n) is 6.46. The Morgan fingerprint density at radius 2 is 2.26 bits per heavy atom. The predicted molar refractivity (Wildman–Crippen MR) is 76.6 cm³/mol. The van der Waals surface area contributed by atoms with Gasteiger partial charge in [0.25, 0.3) is 0 Å². The Morgan fingerprint density at radius 1 is 1.53 bits per heavy atom. The second-order valence-electron chi connectivity index (χ2n) is 4.76. The largest absolute Gasteiger partial charge is 0.376 e. The minimum atomic E-state index is -0.190. The van der Waals surface area contributed by atoms with Crippen molar-refractivity contribution in [3.8, 4) is 0 Å². The zero-order valence-electron chi connectivity index (χ0n) is 11.7. The average molecular weight is 266 g/mol.